The van der Waals surface area contributed by atoms with E-state index in [9.17, 15) is 9.59 Å². The van der Waals surface area contributed by atoms with E-state index >= 15 is 0 Å². The maximum atomic E-state index is 11.8. The molecule has 0 aliphatic rings. The van der Waals surface area contributed by atoms with Crippen LogP contribution in [0, 0.1) is 0 Å². The molecule has 0 aliphatic carbocycles. The lowest BCUT2D eigenvalue weighted by atomic mass is 10.4. The summed E-state index contributed by atoms with van der Waals surface area (Å²) in [7, 11) is 0. The number of esters is 1. The van der Waals surface area contributed by atoms with Gasteiger partial charge in [0.2, 0.25) is 0 Å². The Morgan fingerprint density at radius 3 is 2.76 bits per heavy atom. The molecule has 2 aromatic rings. The molecular weight excluding hydrogens is 312 g/mol. The van der Waals surface area contributed by atoms with E-state index in [0.717, 1.165) is 11.3 Å². The van der Waals surface area contributed by atoms with Crippen molar-refractivity contribution in [1.29, 1.82) is 0 Å². The normalized spacial score (nSPS) is 10.2. The average molecular weight is 325 g/mol. The van der Waals surface area contributed by atoms with Crippen LogP contribution in [0.15, 0.2) is 30.5 Å². The van der Waals surface area contributed by atoms with Gasteiger partial charge in [0.15, 0.2) is 6.61 Å². The highest BCUT2D eigenvalue weighted by Crippen LogP contribution is 2.17. The number of aryl methyl sites for hydroxylation is 1. The third-order valence-electron chi connectivity index (χ3n) is 2.54. The van der Waals surface area contributed by atoms with E-state index in [1.54, 1.807) is 18.2 Å². The third kappa shape index (κ3) is 4.54. The third-order valence-corrected chi connectivity index (χ3v) is 3.97. The summed E-state index contributed by atoms with van der Waals surface area (Å²) in [6.45, 7) is 1.65. The number of rotatable bonds is 5. The number of hydrogen-bond donors (Lipinski definition) is 1. The Morgan fingerprint density at radius 1 is 1.33 bits per heavy atom. The first-order chi connectivity index (χ1) is 10.1. The minimum absolute atomic E-state index is 0.352. The van der Waals surface area contributed by atoms with E-state index < -0.39 is 11.9 Å². The van der Waals surface area contributed by atoms with Crippen molar-refractivity contribution in [1.82, 2.24) is 4.98 Å². The van der Waals surface area contributed by atoms with Crippen molar-refractivity contribution >= 4 is 40.6 Å². The highest BCUT2D eigenvalue weighted by atomic mass is 35.5. The van der Waals surface area contributed by atoms with Gasteiger partial charge in [-0.3, -0.25) is 4.79 Å². The molecule has 110 valence electrons. The molecule has 1 N–H and O–H groups in total. The van der Waals surface area contributed by atoms with Gasteiger partial charge in [0.25, 0.3) is 5.91 Å². The molecule has 2 aromatic heterocycles. The Hall–Kier alpha value is -1.92. The van der Waals surface area contributed by atoms with Gasteiger partial charge in [-0.1, -0.05) is 18.5 Å². The Kier molecular flexibility index (Phi) is 5.30. The second-order valence-electron chi connectivity index (χ2n) is 4.11. The second-order valence-corrected chi connectivity index (χ2v) is 5.71. The number of nitrogens with zero attached hydrogens (tertiary/aromatic N) is 1. The molecule has 0 spiro atoms. The number of pyridine rings is 1. The van der Waals surface area contributed by atoms with Gasteiger partial charge in [-0.25, -0.2) is 9.78 Å². The van der Waals surface area contributed by atoms with E-state index in [4.69, 9.17) is 16.3 Å². The number of halogens is 1. The van der Waals surface area contributed by atoms with Crippen LogP contribution in [0.1, 0.15) is 21.5 Å². The first-order valence-electron chi connectivity index (χ1n) is 6.25. The lowest BCUT2D eigenvalue weighted by molar-refractivity contribution is -0.119. The predicted molar refractivity (Wildman–Crippen MR) is 81.9 cm³/mol. The number of carbonyl (C=O) groups excluding carboxylic acids is 2. The largest absolute Gasteiger partial charge is 0.451 e. The van der Waals surface area contributed by atoms with Gasteiger partial charge in [-0.05, 0) is 30.7 Å². The van der Waals surface area contributed by atoms with Crippen molar-refractivity contribution in [3.05, 3.63) is 45.2 Å². The molecule has 2 heterocycles. The van der Waals surface area contributed by atoms with Crippen LogP contribution < -0.4 is 5.32 Å². The van der Waals surface area contributed by atoms with Crippen LogP contribution in [0.4, 0.5) is 5.82 Å². The van der Waals surface area contributed by atoms with E-state index in [-0.39, 0.29) is 6.61 Å². The number of carbonyl (C=O) groups is 2. The summed E-state index contributed by atoms with van der Waals surface area (Å²) >= 11 is 7.05. The topological polar surface area (TPSA) is 68.3 Å². The molecule has 0 atom stereocenters. The van der Waals surface area contributed by atoms with E-state index in [1.807, 2.05) is 13.0 Å². The Labute approximate surface area is 130 Å². The van der Waals surface area contributed by atoms with Crippen LogP contribution >= 0.6 is 22.9 Å². The van der Waals surface area contributed by atoms with Crippen molar-refractivity contribution in [2.75, 3.05) is 11.9 Å². The summed E-state index contributed by atoms with van der Waals surface area (Å²) < 4.78 is 4.95. The first-order valence-corrected chi connectivity index (χ1v) is 7.45. The standard InChI is InChI=1S/C14H13ClN2O3S/c1-2-10-4-5-11(21-10)14(19)20-8-13(18)17-12-6-3-9(15)7-16-12/h3-7H,2,8H2,1H3,(H,16,17,18). The molecule has 0 fully saturated rings. The number of aromatic nitrogens is 1. The molecule has 0 aliphatic heterocycles. The number of amides is 1. The number of hydrogen-bond acceptors (Lipinski definition) is 5. The Balaban J connectivity index is 1.83. The highest BCUT2D eigenvalue weighted by molar-refractivity contribution is 7.13. The molecular formula is C14H13ClN2O3S. The zero-order chi connectivity index (χ0) is 15.2. The molecule has 0 aromatic carbocycles. The fourth-order valence-corrected chi connectivity index (χ4v) is 2.46. The first kappa shape index (κ1) is 15.5. The number of nitrogens with one attached hydrogen (secondary N) is 1. The van der Waals surface area contributed by atoms with Crippen LogP contribution in [-0.2, 0) is 16.0 Å². The molecule has 0 saturated heterocycles. The van der Waals surface area contributed by atoms with Gasteiger partial charge in [-0.15, -0.1) is 11.3 Å². The van der Waals surface area contributed by atoms with Crippen LogP contribution in [0.3, 0.4) is 0 Å². The summed E-state index contributed by atoms with van der Waals surface area (Å²) in [4.78, 5) is 28.9. The average Bonchev–Trinajstić information content (AvgIpc) is 2.96. The van der Waals surface area contributed by atoms with Gasteiger partial charge in [0, 0.05) is 11.1 Å². The van der Waals surface area contributed by atoms with Crippen molar-refractivity contribution in [2.45, 2.75) is 13.3 Å². The van der Waals surface area contributed by atoms with Crippen molar-refractivity contribution in [3.63, 3.8) is 0 Å². The SMILES string of the molecule is CCc1ccc(C(=O)OCC(=O)Nc2ccc(Cl)cn2)s1. The quantitative estimate of drug-likeness (QED) is 0.858. The van der Waals surface area contributed by atoms with Gasteiger partial charge in [0.05, 0.1) is 5.02 Å². The molecule has 0 radical (unpaired) electrons. The number of anilines is 1. The van der Waals surface area contributed by atoms with E-state index in [2.05, 4.69) is 10.3 Å². The number of ether oxygens (including phenoxy) is 1. The Bertz CT molecular complexity index is 640. The molecule has 5 nitrogen and oxygen atoms in total. The molecule has 0 unspecified atom stereocenters. The van der Waals surface area contributed by atoms with Gasteiger partial charge < -0.3 is 10.1 Å². The van der Waals surface area contributed by atoms with Gasteiger partial charge in [0.1, 0.15) is 10.7 Å². The van der Waals surface area contributed by atoms with E-state index in [1.165, 1.54) is 17.5 Å². The van der Waals surface area contributed by atoms with Crippen LogP contribution in [0.25, 0.3) is 0 Å². The van der Waals surface area contributed by atoms with Gasteiger partial charge in [-0.2, -0.15) is 0 Å². The summed E-state index contributed by atoms with van der Waals surface area (Å²) in [6.07, 6.45) is 2.28. The molecule has 0 saturated carbocycles. The fraction of sp³-hybridized carbons (Fsp3) is 0.214. The lowest BCUT2D eigenvalue weighted by Crippen LogP contribution is -2.21. The minimum Gasteiger partial charge on any atom is -0.451 e. The molecule has 0 bridgehead atoms. The molecule has 21 heavy (non-hydrogen) atoms. The predicted octanol–water partition coefficient (Wildman–Crippen LogP) is 3.15. The molecule has 2 rings (SSSR count). The molecule has 7 heteroatoms. The van der Waals surface area contributed by atoms with Crippen LogP contribution in [0.2, 0.25) is 5.02 Å². The van der Waals surface area contributed by atoms with Crippen molar-refractivity contribution in [2.24, 2.45) is 0 Å². The molecule has 1 amide bonds. The minimum atomic E-state index is -0.501. The van der Waals surface area contributed by atoms with Gasteiger partial charge >= 0.3 is 5.97 Å². The van der Waals surface area contributed by atoms with Crippen LogP contribution in [0.5, 0.6) is 0 Å². The maximum absolute atomic E-state index is 11.8. The zero-order valence-corrected chi connectivity index (χ0v) is 12.8. The summed E-state index contributed by atoms with van der Waals surface area (Å²) in [5.41, 5.74) is 0. The van der Waals surface area contributed by atoms with Crippen molar-refractivity contribution in [3.8, 4) is 0 Å². The van der Waals surface area contributed by atoms with Crippen molar-refractivity contribution < 1.29 is 14.3 Å². The summed E-state index contributed by atoms with van der Waals surface area (Å²) in [6, 6.07) is 6.74. The zero-order valence-electron chi connectivity index (χ0n) is 11.3. The smallest absolute Gasteiger partial charge is 0.348 e. The Morgan fingerprint density at radius 2 is 2.14 bits per heavy atom. The van der Waals surface area contributed by atoms with Crippen LogP contribution in [-0.4, -0.2) is 23.5 Å². The lowest BCUT2D eigenvalue weighted by Gasteiger charge is -2.05. The van der Waals surface area contributed by atoms with E-state index in [0.29, 0.717) is 15.7 Å². The maximum Gasteiger partial charge on any atom is 0.348 e. The number of thiophene rings is 1. The monoisotopic (exact) mass is 324 g/mol. The summed E-state index contributed by atoms with van der Waals surface area (Å²) in [5, 5.41) is 2.99. The second kappa shape index (κ2) is 7.19. The highest BCUT2D eigenvalue weighted by Gasteiger charge is 2.12. The fourth-order valence-electron chi connectivity index (χ4n) is 1.51. The summed E-state index contributed by atoms with van der Waals surface area (Å²) in [5.74, 6) is -0.603.